The zero-order valence-electron chi connectivity index (χ0n) is 12.1. The van der Waals surface area contributed by atoms with Crippen LogP contribution < -0.4 is 11.1 Å². The second-order valence-corrected chi connectivity index (χ2v) is 5.12. The molecule has 6 N–H and O–H groups in total. The third-order valence-electron chi connectivity index (χ3n) is 3.57. The summed E-state index contributed by atoms with van der Waals surface area (Å²) in [5.74, 6) is -1.98. The smallest absolute Gasteiger partial charge is 0.322 e. The quantitative estimate of drug-likeness (QED) is 0.390. The summed E-state index contributed by atoms with van der Waals surface area (Å²) in [6.07, 6.45) is -3.13. The summed E-state index contributed by atoms with van der Waals surface area (Å²) in [4.78, 5) is 34.2. The van der Waals surface area contributed by atoms with Crippen LogP contribution in [0.3, 0.4) is 0 Å². The van der Waals surface area contributed by atoms with Gasteiger partial charge in [0.1, 0.15) is 30.6 Å². The number of fused-ring (bicyclic) bond motifs is 1. The van der Waals surface area contributed by atoms with E-state index in [-0.39, 0.29) is 17.0 Å². The van der Waals surface area contributed by atoms with Crippen LogP contribution >= 0.6 is 0 Å². The molecule has 0 aliphatic carbocycles. The van der Waals surface area contributed by atoms with Crippen LogP contribution in [-0.4, -0.2) is 71.6 Å². The molecule has 0 aromatic carbocycles. The average molecular weight is 338 g/mol. The Morgan fingerprint density at radius 1 is 1.29 bits per heavy atom. The van der Waals surface area contributed by atoms with E-state index in [1.54, 1.807) is 0 Å². The Kier molecular flexibility index (Phi) is 4.01. The number of hydrogen-bond donors (Lipinski definition) is 5. The Balaban J connectivity index is 1.85. The van der Waals surface area contributed by atoms with Gasteiger partial charge >= 0.3 is 5.97 Å². The molecule has 2 aromatic heterocycles. The maximum Gasteiger partial charge on any atom is 0.322 e. The number of aromatic nitrogens is 4. The van der Waals surface area contributed by atoms with E-state index in [1.165, 1.54) is 17.2 Å². The van der Waals surface area contributed by atoms with Gasteiger partial charge in [-0.15, -0.1) is 0 Å². The molecular formula is C12H14N6O6. The van der Waals surface area contributed by atoms with Crippen LogP contribution in [0, 0.1) is 0 Å². The Morgan fingerprint density at radius 2 is 2.04 bits per heavy atom. The highest BCUT2D eigenvalue weighted by atomic mass is 16.6. The van der Waals surface area contributed by atoms with Gasteiger partial charge < -0.3 is 31.1 Å². The van der Waals surface area contributed by atoms with Gasteiger partial charge in [0, 0.05) is 0 Å². The summed E-state index contributed by atoms with van der Waals surface area (Å²) in [6, 6.07) is 0. The lowest BCUT2D eigenvalue weighted by Gasteiger charge is -2.16. The summed E-state index contributed by atoms with van der Waals surface area (Å²) in [7, 11) is 0. The number of nitrogen functional groups attached to an aromatic ring is 1. The van der Waals surface area contributed by atoms with Crippen LogP contribution in [0.25, 0.3) is 11.2 Å². The third-order valence-corrected chi connectivity index (χ3v) is 3.57. The fourth-order valence-electron chi connectivity index (χ4n) is 2.43. The number of nitrogens with one attached hydrogen (secondary N) is 1. The number of imidazole rings is 1. The number of nitrogens with two attached hydrogens (primary N) is 1. The lowest BCUT2D eigenvalue weighted by atomic mass is 10.1. The molecule has 3 rings (SSSR count). The van der Waals surface area contributed by atoms with Crippen molar-refractivity contribution in [3.05, 3.63) is 12.7 Å². The molecule has 0 radical (unpaired) electrons. The molecule has 1 amide bonds. The highest BCUT2D eigenvalue weighted by Crippen LogP contribution is 2.31. The standard InChI is InChI=1S/C12H14N6O6/c13-9-5-10(16-2-15-9)18(3-17-5)12-7(22)6(21)8(24-12)11(23)14-1-4(19)20/h2-3,6-8,12,21-22H,1H2,(H,14,23)(H,19,20)(H2,13,15,16)/t6-,7+,8-,12+/m0/s1. The lowest BCUT2D eigenvalue weighted by molar-refractivity contribution is -0.143. The number of aliphatic carboxylic acids is 1. The number of anilines is 1. The number of carbonyl (C=O) groups excluding carboxylic acids is 1. The molecule has 4 atom stereocenters. The first-order valence-electron chi connectivity index (χ1n) is 6.84. The number of nitrogens with zero attached hydrogens (tertiary/aromatic N) is 4. The molecule has 12 nitrogen and oxygen atoms in total. The molecular weight excluding hydrogens is 324 g/mol. The Hall–Kier alpha value is -2.83. The maximum absolute atomic E-state index is 11.9. The average Bonchev–Trinajstić information content (AvgIpc) is 3.09. The van der Waals surface area contributed by atoms with E-state index in [0.29, 0.717) is 0 Å². The number of hydrogen-bond acceptors (Lipinski definition) is 9. The molecule has 0 saturated carbocycles. The van der Waals surface area contributed by atoms with Crippen LogP contribution in [0.4, 0.5) is 5.82 Å². The van der Waals surface area contributed by atoms with Gasteiger partial charge in [-0.25, -0.2) is 15.0 Å². The Bertz CT molecular complexity index is 793. The van der Waals surface area contributed by atoms with E-state index in [9.17, 15) is 19.8 Å². The second-order valence-electron chi connectivity index (χ2n) is 5.12. The van der Waals surface area contributed by atoms with E-state index in [0.717, 1.165) is 0 Å². The molecule has 1 saturated heterocycles. The van der Waals surface area contributed by atoms with Crippen molar-refractivity contribution in [1.29, 1.82) is 0 Å². The Labute approximate surface area is 133 Å². The number of carboxylic acids is 1. The first-order valence-corrected chi connectivity index (χ1v) is 6.84. The van der Waals surface area contributed by atoms with Crippen molar-refractivity contribution in [3.63, 3.8) is 0 Å². The molecule has 1 aliphatic rings. The summed E-state index contributed by atoms with van der Waals surface area (Å²) < 4.78 is 6.70. The minimum atomic E-state index is -1.56. The molecule has 24 heavy (non-hydrogen) atoms. The third kappa shape index (κ3) is 2.62. The number of aliphatic hydroxyl groups excluding tert-OH is 2. The molecule has 12 heteroatoms. The second kappa shape index (κ2) is 5.99. The van der Waals surface area contributed by atoms with E-state index in [1.807, 2.05) is 0 Å². The molecule has 0 bridgehead atoms. The largest absolute Gasteiger partial charge is 0.480 e. The van der Waals surface area contributed by atoms with Crippen molar-refractivity contribution in [2.24, 2.45) is 0 Å². The Morgan fingerprint density at radius 3 is 2.75 bits per heavy atom. The fraction of sp³-hybridized carbons (Fsp3) is 0.417. The van der Waals surface area contributed by atoms with Crippen molar-refractivity contribution in [2.75, 3.05) is 12.3 Å². The van der Waals surface area contributed by atoms with Gasteiger partial charge in [-0.2, -0.15) is 0 Å². The highest BCUT2D eigenvalue weighted by molar-refractivity contribution is 5.85. The van der Waals surface area contributed by atoms with Gasteiger partial charge in [-0.3, -0.25) is 14.2 Å². The lowest BCUT2D eigenvalue weighted by Crippen LogP contribution is -2.44. The normalized spacial score (nSPS) is 26.6. The molecule has 1 fully saturated rings. The van der Waals surface area contributed by atoms with Crippen molar-refractivity contribution >= 4 is 28.9 Å². The van der Waals surface area contributed by atoms with Gasteiger partial charge in [-0.05, 0) is 0 Å². The van der Waals surface area contributed by atoms with Gasteiger partial charge in [-0.1, -0.05) is 0 Å². The predicted molar refractivity (Wildman–Crippen MR) is 76.3 cm³/mol. The van der Waals surface area contributed by atoms with Crippen LogP contribution in [0.5, 0.6) is 0 Å². The minimum Gasteiger partial charge on any atom is -0.480 e. The van der Waals surface area contributed by atoms with E-state index >= 15 is 0 Å². The molecule has 3 heterocycles. The predicted octanol–water partition coefficient (Wildman–Crippen LogP) is -2.77. The number of carboxylic acid groups (broad SMARTS) is 1. The first kappa shape index (κ1) is 16.0. The van der Waals surface area contributed by atoms with Crippen LogP contribution in [0.1, 0.15) is 6.23 Å². The number of rotatable bonds is 4. The SMILES string of the molecule is Nc1ncnc2c1ncn2[C@@H]1O[C@H](C(=O)NCC(=O)O)[C@@H](O)[C@H]1O. The van der Waals surface area contributed by atoms with Crippen LogP contribution in [-0.2, 0) is 14.3 Å². The topological polar surface area (TPSA) is 186 Å². The number of aliphatic hydroxyl groups is 2. The van der Waals surface area contributed by atoms with Crippen molar-refractivity contribution in [3.8, 4) is 0 Å². The molecule has 0 spiro atoms. The monoisotopic (exact) mass is 338 g/mol. The van der Waals surface area contributed by atoms with E-state index in [4.69, 9.17) is 15.6 Å². The highest BCUT2D eigenvalue weighted by Gasteiger charge is 2.47. The summed E-state index contributed by atoms with van der Waals surface area (Å²) >= 11 is 0. The van der Waals surface area contributed by atoms with Crippen LogP contribution in [0.15, 0.2) is 12.7 Å². The molecule has 2 aromatic rings. The van der Waals surface area contributed by atoms with Gasteiger partial charge in [0.15, 0.2) is 23.8 Å². The zero-order valence-corrected chi connectivity index (χ0v) is 12.1. The van der Waals surface area contributed by atoms with Crippen molar-refractivity contribution in [1.82, 2.24) is 24.8 Å². The molecule has 128 valence electrons. The van der Waals surface area contributed by atoms with E-state index < -0.39 is 43.0 Å². The van der Waals surface area contributed by atoms with Gasteiger partial charge in [0.05, 0.1) is 6.33 Å². The first-order chi connectivity index (χ1) is 11.4. The zero-order chi connectivity index (χ0) is 17.4. The fourth-order valence-corrected chi connectivity index (χ4v) is 2.43. The number of carbonyl (C=O) groups is 2. The van der Waals surface area contributed by atoms with Crippen molar-refractivity contribution < 1.29 is 29.6 Å². The van der Waals surface area contributed by atoms with Gasteiger partial charge in [0.25, 0.3) is 5.91 Å². The van der Waals surface area contributed by atoms with E-state index in [2.05, 4.69) is 20.3 Å². The van der Waals surface area contributed by atoms with Crippen molar-refractivity contribution in [2.45, 2.75) is 24.5 Å². The minimum absolute atomic E-state index is 0.127. The van der Waals surface area contributed by atoms with Crippen LogP contribution in [0.2, 0.25) is 0 Å². The number of amides is 1. The summed E-state index contributed by atoms with van der Waals surface area (Å²) in [5, 5.41) is 30.8. The summed E-state index contributed by atoms with van der Waals surface area (Å²) in [6.45, 7) is -0.635. The van der Waals surface area contributed by atoms with Gasteiger partial charge in [0.2, 0.25) is 0 Å². The maximum atomic E-state index is 11.9. The molecule has 0 unspecified atom stereocenters. The molecule has 1 aliphatic heterocycles. The summed E-state index contributed by atoms with van der Waals surface area (Å²) in [5.41, 5.74) is 6.21. The number of ether oxygens (including phenoxy) is 1.